The number of hydrogen-bond acceptors (Lipinski definition) is 3. The smallest absolute Gasteiger partial charge is 0.497 e. The molecular formula is C17H17BF3NO2. The van der Waals surface area contributed by atoms with E-state index in [0.29, 0.717) is 0 Å². The summed E-state index contributed by atoms with van der Waals surface area (Å²) in [4.78, 5) is 14.6. The highest BCUT2D eigenvalue weighted by Gasteiger charge is 2.50. The van der Waals surface area contributed by atoms with Crippen molar-refractivity contribution < 1.29 is 22.5 Å². The summed E-state index contributed by atoms with van der Waals surface area (Å²) in [6.45, 7) is 0. The maximum Gasteiger partial charge on any atom is 0.762 e. The molecule has 3 rings (SSSR count). The molecule has 0 amide bonds. The van der Waals surface area contributed by atoms with Crippen LogP contribution in [0.1, 0.15) is 22.0 Å². The Morgan fingerprint density at radius 3 is 2.08 bits per heavy atom. The van der Waals surface area contributed by atoms with Crippen molar-refractivity contribution in [2.24, 2.45) is 0 Å². The number of likely N-dealkylation sites (N-methyl/N-ethyl adjacent to an activating group) is 1. The number of carbonyl (C=O) groups excluding carboxylic acids is 1. The molecule has 0 aliphatic carbocycles. The van der Waals surface area contributed by atoms with Crippen molar-refractivity contribution in [3.63, 3.8) is 0 Å². The molecule has 1 fully saturated rings. The fourth-order valence-corrected chi connectivity index (χ4v) is 2.66. The van der Waals surface area contributed by atoms with Crippen molar-refractivity contribution >= 4 is 13.3 Å². The first-order valence-corrected chi connectivity index (χ1v) is 7.33. The lowest BCUT2D eigenvalue weighted by Gasteiger charge is -2.02. The number of methoxy groups -OCH3 is 1. The van der Waals surface area contributed by atoms with Crippen LogP contribution in [0.15, 0.2) is 54.6 Å². The van der Waals surface area contributed by atoms with E-state index < -0.39 is 7.54 Å². The third-order valence-corrected chi connectivity index (χ3v) is 3.87. The van der Waals surface area contributed by atoms with Crippen LogP contribution in [0.2, 0.25) is 0 Å². The standard InChI is InChI=1S/C17H17NO2.BF3/c1-18-15(12-6-4-3-5-7-12)16(18)17(19)13-8-10-14(20-2)11-9-13;2-1(3)4/h3-11,15-16H,1-2H3;. The van der Waals surface area contributed by atoms with Crippen molar-refractivity contribution in [1.29, 1.82) is 0 Å². The molecule has 3 atom stereocenters. The van der Waals surface area contributed by atoms with Crippen LogP contribution in [0.5, 0.6) is 5.75 Å². The zero-order chi connectivity index (χ0) is 17.7. The van der Waals surface area contributed by atoms with Gasteiger partial charge in [0.05, 0.1) is 19.2 Å². The lowest BCUT2D eigenvalue weighted by Crippen LogP contribution is -2.11. The molecule has 126 valence electrons. The van der Waals surface area contributed by atoms with Gasteiger partial charge in [0.1, 0.15) is 5.75 Å². The molecule has 2 aromatic carbocycles. The second kappa shape index (κ2) is 8.01. The lowest BCUT2D eigenvalue weighted by atomic mass is 10.0. The summed E-state index contributed by atoms with van der Waals surface area (Å²) in [7, 11) is -0.0549. The molecule has 1 saturated heterocycles. The van der Waals surface area contributed by atoms with Gasteiger partial charge in [0.25, 0.3) is 0 Å². The van der Waals surface area contributed by atoms with Crippen LogP contribution in [-0.2, 0) is 0 Å². The number of ether oxygens (including phenoxy) is 1. The first-order valence-electron chi connectivity index (χ1n) is 7.33. The Balaban J connectivity index is 0.000000471. The fourth-order valence-electron chi connectivity index (χ4n) is 2.66. The van der Waals surface area contributed by atoms with Crippen LogP contribution in [-0.4, -0.2) is 38.4 Å². The number of hydrogen-bond donors (Lipinski definition) is 0. The van der Waals surface area contributed by atoms with Crippen LogP contribution in [0.4, 0.5) is 12.9 Å². The van der Waals surface area contributed by atoms with Crippen molar-refractivity contribution in [1.82, 2.24) is 4.90 Å². The molecular weight excluding hydrogens is 318 g/mol. The largest absolute Gasteiger partial charge is 0.762 e. The third kappa shape index (κ3) is 4.38. The molecule has 1 aliphatic heterocycles. The van der Waals surface area contributed by atoms with E-state index in [0.717, 1.165) is 11.3 Å². The summed E-state index contributed by atoms with van der Waals surface area (Å²) in [6, 6.07) is 17.6. The van der Waals surface area contributed by atoms with E-state index in [1.165, 1.54) is 5.56 Å². The SMILES string of the molecule is COc1ccc(C(=O)C2C(c3ccccc3)N2C)cc1.FB(F)F. The minimum absolute atomic E-state index is 0.0502. The summed E-state index contributed by atoms with van der Waals surface area (Å²) in [5, 5.41) is 0. The number of halogens is 3. The number of ketones is 1. The number of carbonyl (C=O) groups is 1. The van der Waals surface area contributed by atoms with E-state index in [-0.39, 0.29) is 17.9 Å². The van der Waals surface area contributed by atoms with E-state index in [4.69, 9.17) is 4.74 Å². The Kier molecular flexibility index (Phi) is 6.03. The molecule has 0 N–H and O–H groups in total. The van der Waals surface area contributed by atoms with Gasteiger partial charge in [-0.25, -0.2) is 0 Å². The molecule has 3 nitrogen and oxygen atoms in total. The zero-order valence-electron chi connectivity index (χ0n) is 13.3. The van der Waals surface area contributed by atoms with Crippen LogP contribution >= 0.6 is 0 Å². The Morgan fingerprint density at radius 1 is 1.04 bits per heavy atom. The summed E-state index contributed by atoms with van der Waals surface area (Å²) < 4.78 is 34.1. The molecule has 0 bridgehead atoms. The summed E-state index contributed by atoms with van der Waals surface area (Å²) in [5.41, 5.74) is 1.93. The van der Waals surface area contributed by atoms with E-state index in [9.17, 15) is 17.7 Å². The van der Waals surface area contributed by atoms with Crippen LogP contribution in [0.3, 0.4) is 0 Å². The van der Waals surface area contributed by atoms with Gasteiger partial charge in [-0.05, 0) is 36.9 Å². The van der Waals surface area contributed by atoms with Crippen molar-refractivity contribution in [3.05, 3.63) is 65.7 Å². The fraction of sp³-hybridized carbons (Fsp3) is 0.235. The number of rotatable bonds is 4. The first kappa shape index (κ1) is 18.1. The molecule has 1 heterocycles. The molecule has 0 saturated carbocycles. The molecule has 0 aromatic heterocycles. The summed E-state index contributed by atoms with van der Waals surface area (Å²) in [6.07, 6.45) is 0. The third-order valence-electron chi connectivity index (χ3n) is 3.87. The Bertz CT molecular complexity index is 665. The van der Waals surface area contributed by atoms with Crippen molar-refractivity contribution in [3.8, 4) is 5.75 Å². The minimum atomic E-state index is -3.67. The van der Waals surface area contributed by atoms with Gasteiger partial charge in [-0.15, -0.1) is 0 Å². The van der Waals surface area contributed by atoms with Gasteiger partial charge in [0.2, 0.25) is 0 Å². The Hall–Kier alpha value is -2.28. The highest BCUT2D eigenvalue weighted by atomic mass is 19.4. The summed E-state index contributed by atoms with van der Waals surface area (Å²) >= 11 is 0. The average molecular weight is 335 g/mol. The van der Waals surface area contributed by atoms with E-state index in [1.54, 1.807) is 7.11 Å². The van der Waals surface area contributed by atoms with E-state index >= 15 is 0 Å². The zero-order valence-corrected chi connectivity index (χ0v) is 13.3. The Morgan fingerprint density at radius 2 is 1.58 bits per heavy atom. The monoisotopic (exact) mass is 335 g/mol. The highest BCUT2D eigenvalue weighted by molar-refractivity contribution is 6.33. The molecule has 7 heteroatoms. The molecule has 3 unspecified atom stereocenters. The summed E-state index contributed by atoms with van der Waals surface area (Å²) in [5.74, 6) is 0.939. The van der Waals surface area contributed by atoms with Gasteiger partial charge in [0.15, 0.2) is 5.78 Å². The van der Waals surface area contributed by atoms with Crippen molar-refractivity contribution in [2.75, 3.05) is 14.2 Å². The second-order valence-corrected chi connectivity index (χ2v) is 5.31. The first-order chi connectivity index (χ1) is 11.5. The maximum atomic E-state index is 12.5. The predicted octanol–water partition coefficient (Wildman–Crippen LogP) is 3.81. The van der Waals surface area contributed by atoms with Gasteiger partial charge in [-0.1, -0.05) is 30.3 Å². The number of Topliss-reactive ketones (excluding diaryl/α,β-unsaturated/α-hetero) is 1. The van der Waals surface area contributed by atoms with Crippen LogP contribution in [0.25, 0.3) is 0 Å². The van der Waals surface area contributed by atoms with Gasteiger partial charge < -0.3 is 4.74 Å². The average Bonchev–Trinajstić information content (AvgIpc) is 3.25. The van der Waals surface area contributed by atoms with Crippen LogP contribution < -0.4 is 4.74 Å². The van der Waals surface area contributed by atoms with Gasteiger partial charge in [0, 0.05) is 5.56 Å². The quantitative estimate of drug-likeness (QED) is 0.483. The molecule has 2 aromatic rings. The maximum absolute atomic E-state index is 12.5. The number of benzene rings is 2. The van der Waals surface area contributed by atoms with Gasteiger partial charge in [-0.3, -0.25) is 22.6 Å². The molecule has 1 aliphatic rings. The van der Waals surface area contributed by atoms with Crippen molar-refractivity contribution in [2.45, 2.75) is 12.1 Å². The van der Waals surface area contributed by atoms with Gasteiger partial charge in [-0.2, -0.15) is 0 Å². The topological polar surface area (TPSA) is 29.3 Å². The van der Waals surface area contributed by atoms with E-state index in [2.05, 4.69) is 17.0 Å². The molecule has 24 heavy (non-hydrogen) atoms. The number of nitrogens with zero attached hydrogens (tertiary/aromatic N) is 1. The van der Waals surface area contributed by atoms with Crippen LogP contribution in [0, 0.1) is 0 Å². The van der Waals surface area contributed by atoms with E-state index in [1.807, 2.05) is 49.5 Å². The second-order valence-electron chi connectivity index (χ2n) is 5.31. The van der Waals surface area contributed by atoms with Gasteiger partial charge >= 0.3 is 7.54 Å². The highest BCUT2D eigenvalue weighted by Crippen LogP contribution is 2.42. The molecule has 0 radical (unpaired) electrons. The Labute approximate surface area is 139 Å². The normalized spacial score (nSPS) is 21.3. The predicted molar refractivity (Wildman–Crippen MR) is 87.1 cm³/mol. The minimum Gasteiger partial charge on any atom is -0.497 e. The molecule has 0 spiro atoms. The lowest BCUT2D eigenvalue weighted by molar-refractivity contribution is 0.0977.